The second kappa shape index (κ2) is 3.30. The number of rotatable bonds is 1. The van der Waals surface area contributed by atoms with E-state index in [2.05, 4.69) is 15.3 Å². The van der Waals surface area contributed by atoms with Crippen LogP contribution in [0.25, 0.3) is 0 Å². The molecule has 1 aliphatic rings. The van der Waals surface area contributed by atoms with E-state index in [-0.39, 0.29) is 0 Å². The van der Waals surface area contributed by atoms with Crippen molar-refractivity contribution in [3.63, 3.8) is 0 Å². The topological polar surface area (TPSA) is 63.8 Å². The number of nitrogens with two attached hydrogens (primary N) is 1. The summed E-state index contributed by atoms with van der Waals surface area (Å²) in [6.07, 6.45) is 1.15. The molecule has 0 aliphatic carbocycles. The molecule has 4 nitrogen and oxygen atoms in total. The molecule has 0 radical (unpaired) electrons. The third kappa shape index (κ3) is 1.78. The van der Waals surface area contributed by atoms with Gasteiger partial charge in [-0.05, 0) is 26.0 Å². The van der Waals surface area contributed by atoms with Gasteiger partial charge in [0.25, 0.3) is 0 Å². The Balaban J connectivity index is 2.28. The van der Waals surface area contributed by atoms with Crippen LogP contribution in [-0.2, 0) is 0 Å². The fraction of sp³-hybridized carbons (Fsp3) is 0.556. The summed E-state index contributed by atoms with van der Waals surface area (Å²) in [6, 6.07) is 2.02. The lowest BCUT2D eigenvalue weighted by Gasteiger charge is -2.08. The molecule has 0 saturated carbocycles. The summed E-state index contributed by atoms with van der Waals surface area (Å²) in [5.74, 6) is 0.908. The highest BCUT2D eigenvalue weighted by atomic mass is 15.0. The van der Waals surface area contributed by atoms with Gasteiger partial charge in [0.2, 0.25) is 5.95 Å². The van der Waals surface area contributed by atoms with E-state index in [4.69, 9.17) is 5.73 Å². The minimum absolute atomic E-state index is 0.391. The number of hydrogen-bond acceptors (Lipinski definition) is 4. The zero-order valence-electron chi connectivity index (χ0n) is 7.75. The van der Waals surface area contributed by atoms with Gasteiger partial charge in [-0.25, -0.2) is 9.97 Å². The van der Waals surface area contributed by atoms with E-state index >= 15 is 0 Å². The van der Waals surface area contributed by atoms with E-state index in [1.807, 2.05) is 13.0 Å². The fourth-order valence-corrected chi connectivity index (χ4v) is 1.73. The highest BCUT2D eigenvalue weighted by molar-refractivity contribution is 5.24. The van der Waals surface area contributed by atoms with Crippen molar-refractivity contribution in [3.8, 4) is 0 Å². The van der Waals surface area contributed by atoms with Crippen LogP contribution in [0.5, 0.6) is 0 Å². The zero-order chi connectivity index (χ0) is 9.26. The maximum Gasteiger partial charge on any atom is 0.220 e. The average molecular weight is 178 g/mol. The van der Waals surface area contributed by atoms with Crippen LogP contribution in [0, 0.1) is 6.92 Å². The van der Waals surface area contributed by atoms with Gasteiger partial charge in [0, 0.05) is 18.2 Å². The summed E-state index contributed by atoms with van der Waals surface area (Å²) in [7, 11) is 0. The third-order valence-electron chi connectivity index (χ3n) is 2.37. The molecule has 13 heavy (non-hydrogen) atoms. The normalized spacial score (nSPS) is 22.1. The van der Waals surface area contributed by atoms with Crippen molar-refractivity contribution in [1.82, 2.24) is 15.3 Å². The van der Waals surface area contributed by atoms with Crippen molar-refractivity contribution < 1.29 is 0 Å². The van der Waals surface area contributed by atoms with Crippen LogP contribution in [-0.4, -0.2) is 23.1 Å². The van der Waals surface area contributed by atoms with Crippen LogP contribution in [0.3, 0.4) is 0 Å². The first kappa shape index (κ1) is 8.44. The Morgan fingerprint density at radius 3 is 3.00 bits per heavy atom. The van der Waals surface area contributed by atoms with Gasteiger partial charge in [-0.2, -0.15) is 0 Å². The first-order chi connectivity index (χ1) is 6.25. The molecule has 3 N–H and O–H groups in total. The van der Waals surface area contributed by atoms with Gasteiger partial charge in [-0.3, -0.25) is 0 Å². The van der Waals surface area contributed by atoms with Crippen molar-refractivity contribution >= 4 is 5.95 Å². The maximum absolute atomic E-state index is 5.58. The summed E-state index contributed by atoms with van der Waals surface area (Å²) in [6.45, 7) is 4.04. The van der Waals surface area contributed by atoms with Crippen molar-refractivity contribution in [2.75, 3.05) is 18.8 Å². The van der Waals surface area contributed by atoms with Gasteiger partial charge in [0.05, 0.1) is 5.69 Å². The molecule has 4 heteroatoms. The second-order valence-electron chi connectivity index (χ2n) is 3.48. The molecule has 2 heterocycles. The molecule has 1 atom stereocenters. The van der Waals surface area contributed by atoms with Gasteiger partial charge in [0.1, 0.15) is 0 Å². The highest BCUT2D eigenvalue weighted by Crippen LogP contribution is 2.20. The standard InChI is InChI=1S/C9H14N4/c1-6-4-8(13-9(10)12-6)7-2-3-11-5-7/h4,7,11H,2-3,5H2,1H3,(H2,10,12,13). The van der Waals surface area contributed by atoms with Gasteiger partial charge in [-0.15, -0.1) is 0 Å². The Labute approximate surface area is 77.6 Å². The van der Waals surface area contributed by atoms with Crippen LogP contribution in [0.15, 0.2) is 6.07 Å². The first-order valence-corrected chi connectivity index (χ1v) is 4.57. The van der Waals surface area contributed by atoms with Crippen LogP contribution in [0.1, 0.15) is 23.7 Å². The largest absolute Gasteiger partial charge is 0.368 e. The van der Waals surface area contributed by atoms with Crippen molar-refractivity contribution in [2.45, 2.75) is 19.3 Å². The van der Waals surface area contributed by atoms with Crippen LogP contribution in [0.2, 0.25) is 0 Å². The number of nitrogen functional groups attached to an aromatic ring is 1. The Morgan fingerprint density at radius 1 is 1.54 bits per heavy atom. The van der Waals surface area contributed by atoms with E-state index in [1.54, 1.807) is 0 Å². The summed E-state index contributed by atoms with van der Waals surface area (Å²) in [5, 5.41) is 3.31. The fourth-order valence-electron chi connectivity index (χ4n) is 1.73. The molecule has 1 unspecified atom stereocenters. The molecule has 1 aromatic rings. The molecule has 0 bridgehead atoms. The molecule has 0 amide bonds. The molecule has 1 aromatic heterocycles. The summed E-state index contributed by atoms with van der Waals surface area (Å²) in [5.41, 5.74) is 7.62. The van der Waals surface area contributed by atoms with Crippen LogP contribution >= 0.6 is 0 Å². The Bertz CT molecular complexity index is 284. The number of aromatic nitrogens is 2. The van der Waals surface area contributed by atoms with Crippen molar-refractivity contribution in [3.05, 3.63) is 17.5 Å². The third-order valence-corrected chi connectivity index (χ3v) is 2.37. The Hall–Kier alpha value is -1.16. The average Bonchev–Trinajstić information content (AvgIpc) is 2.53. The SMILES string of the molecule is Cc1cc(C2CCNC2)nc(N)n1. The molecule has 0 spiro atoms. The summed E-state index contributed by atoms with van der Waals surface area (Å²) >= 11 is 0. The van der Waals surface area contributed by atoms with Gasteiger partial charge in [-0.1, -0.05) is 0 Å². The number of hydrogen-bond donors (Lipinski definition) is 2. The zero-order valence-corrected chi connectivity index (χ0v) is 7.75. The number of anilines is 1. The molecule has 2 rings (SSSR count). The van der Waals surface area contributed by atoms with Gasteiger partial charge >= 0.3 is 0 Å². The van der Waals surface area contributed by atoms with Gasteiger partial charge < -0.3 is 11.1 Å². The molecule has 1 fully saturated rings. The minimum Gasteiger partial charge on any atom is -0.368 e. The first-order valence-electron chi connectivity index (χ1n) is 4.57. The molecular formula is C9H14N4. The summed E-state index contributed by atoms with van der Waals surface area (Å²) in [4.78, 5) is 8.29. The maximum atomic E-state index is 5.58. The summed E-state index contributed by atoms with van der Waals surface area (Å²) < 4.78 is 0. The van der Waals surface area contributed by atoms with Gasteiger partial charge in [0.15, 0.2) is 0 Å². The lowest BCUT2D eigenvalue weighted by atomic mass is 10.0. The van der Waals surface area contributed by atoms with E-state index < -0.39 is 0 Å². The van der Waals surface area contributed by atoms with Crippen LogP contribution < -0.4 is 11.1 Å². The molecule has 1 saturated heterocycles. The van der Waals surface area contributed by atoms with E-state index in [0.717, 1.165) is 30.9 Å². The predicted molar refractivity (Wildman–Crippen MR) is 51.4 cm³/mol. The van der Waals surface area contributed by atoms with Crippen LogP contribution in [0.4, 0.5) is 5.95 Å². The number of nitrogens with zero attached hydrogens (tertiary/aromatic N) is 2. The van der Waals surface area contributed by atoms with Crippen molar-refractivity contribution in [1.29, 1.82) is 0 Å². The molecule has 0 aromatic carbocycles. The highest BCUT2D eigenvalue weighted by Gasteiger charge is 2.18. The predicted octanol–water partition coefficient (Wildman–Crippen LogP) is 0.444. The van der Waals surface area contributed by atoms with E-state index in [9.17, 15) is 0 Å². The van der Waals surface area contributed by atoms with E-state index in [0.29, 0.717) is 11.9 Å². The van der Waals surface area contributed by atoms with Crippen molar-refractivity contribution in [2.24, 2.45) is 0 Å². The van der Waals surface area contributed by atoms with E-state index in [1.165, 1.54) is 0 Å². The quantitative estimate of drug-likeness (QED) is 0.655. The number of aryl methyl sites for hydroxylation is 1. The Kier molecular flexibility index (Phi) is 2.14. The monoisotopic (exact) mass is 178 g/mol. The minimum atomic E-state index is 0.391. The molecule has 70 valence electrons. The lowest BCUT2D eigenvalue weighted by molar-refractivity contribution is 0.730. The number of nitrogens with one attached hydrogen (secondary N) is 1. The molecular weight excluding hydrogens is 164 g/mol. The Morgan fingerprint density at radius 2 is 2.38 bits per heavy atom. The second-order valence-corrected chi connectivity index (χ2v) is 3.48. The molecule has 1 aliphatic heterocycles. The lowest BCUT2D eigenvalue weighted by Crippen LogP contribution is -2.10. The smallest absolute Gasteiger partial charge is 0.220 e.